The Kier molecular flexibility index (Phi) is 3.68. The first-order chi connectivity index (χ1) is 6.77. The standard InChI is InChI=1S/C12H12O2/c1-3-7-10-8-5-6-9-11(10)14-12(13)4-2/h3-9H,2H2,1H3/b7-3+. The van der Waals surface area contributed by atoms with Crippen LogP contribution in [0.1, 0.15) is 12.5 Å². The van der Waals surface area contributed by atoms with Crippen molar-refractivity contribution in [3.05, 3.63) is 48.6 Å². The SMILES string of the molecule is C=CC(=O)Oc1ccccc1/C=C/C. The van der Waals surface area contributed by atoms with Gasteiger partial charge in [0.15, 0.2) is 0 Å². The average Bonchev–Trinajstić information content (AvgIpc) is 2.21. The number of benzene rings is 1. The van der Waals surface area contributed by atoms with E-state index in [-0.39, 0.29) is 0 Å². The fraction of sp³-hybridized carbons (Fsp3) is 0.0833. The monoisotopic (exact) mass is 188 g/mol. The predicted molar refractivity (Wildman–Crippen MR) is 57.0 cm³/mol. The molecule has 0 unspecified atom stereocenters. The van der Waals surface area contributed by atoms with Crippen LogP contribution in [0, 0.1) is 0 Å². The van der Waals surface area contributed by atoms with Gasteiger partial charge in [0, 0.05) is 11.6 Å². The topological polar surface area (TPSA) is 26.3 Å². The molecule has 2 nitrogen and oxygen atoms in total. The molecule has 14 heavy (non-hydrogen) atoms. The van der Waals surface area contributed by atoms with Gasteiger partial charge in [-0.15, -0.1) is 0 Å². The molecule has 0 N–H and O–H groups in total. The lowest BCUT2D eigenvalue weighted by Crippen LogP contribution is -2.03. The van der Waals surface area contributed by atoms with Gasteiger partial charge in [0.05, 0.1) is 0 Å². The number of esters is 1. The average molecular weight is 188 g/mol. The van der Waals surface area contributed by atoms with Crippen LogP contribution in [-0.4, -0.2) is 5.97 Å². The minimum atomic E-state index is -0.443. The van der Waals surface area contributed by atoms with Crippen LogP contribution in [0.5, 0.6) is 5.75 Å². The zero-order chi connectivity index (χ0) is 10.4. The van der Waals surface area contributed by atoms with E-state index < -0.39 is 5.97 Å². The van der Waals surface area contributed by atoms with Crippen LogP contribution < -0.4 is 4.74 Å². The number of carbonyl (C=O) groups excluding carboxylic acids is 1. The normalized spacial score (nSPS) is 10.1. The smallest absolute Gasteiger partial charge is 0.335 e. The van der Waals surface area contributed by atoms with E-state index in [9.17, 15) is 4.79 Å². The first kappa shape index (κ1) is 10.3. The zero-order valence-electron chi connectivity index (χ0n) is 8.07. The predicted octanol–water partition coefficient (Wildman–Crippen LogP) is 2.81. The second-order valence-corrected chi connectivity index (χ2v) is 2.66. The lowest BCUT2D eigenvalue weighted by molar-refractivity contribution is -0.128. The van der Waals surface area contributed by atoms with Crippen LogP contribution in [0.3, 0.4) is 0 Å². The summed E-state index contributed by atoms with van der Waals surface area (Å²) in [6.45, 7) is 5.25. The minimum absolute atomic E-state index is 0.443. The van der Waals surface area contributed by atoms with Crippen molar-refractivity contribution in [1.82, 2.24) is 0 Å². The molecule has 0 spiro atoms. The van der Waals surface area contributed by atoms with Gasteiger partial charge in [0.1, 0.15) is 5.75 Å². The Morgan fingerprint density at radius 1 is 1.43 bits per heavy atom. The summed E-state index contributed by atoms with van der Waals surface area (Å²) >= 11 is 0. The summed E-state index contributed by atoms with van der Waals surface area (Å²) in [4.78, 5) is 11.0. The van der Waals surface area contributed by atoms with E-state index in [1.807, 2.05) is 37.3 Å². The Labute approximate surface area is 83.5 Å². The lowest BCUT2D eigenvalue weighted by Gasteiger charge is -2.04. The number of hydrogen-bond acceptors (Lipinski definition) is 2. The van der Waals surface area contributed by atoms with E-state index in [0.29, 0.717) is 5.75 Å². The van der Waals surface area contributed by atoms with Crippen LogP contribution in [-0.2, 0) is 4.79 Å². The maximum atomic E-state index is 11.0. The highest BCUT2D eigenvalue weighted by atomic mass is 16.5. The van der Waals surface area contributed by atoms with Gasteiger partial charge >= 0.3 is 5.97 Å². The van der Waals surface area contributed by atoms with Crippen molar-refractivity contribution in [2.24, 2.45) is 0 Å². The molecule has 0 heterocycles. The third-order valence-electron chi connectivity index (χ3n) is 1.64. The van der Waals surface area contributed by atoms with Gasteiger partial charge < -0.3 is 4.74 Å². The van der Waals surface area contributed by atoms with E-state index in [0.717, 1.165) is 11.6 Å². The van der Waals surface area contributed by atoms with E-state index in [4.69, 9.17) is 4.74 Å². The second-order valence-electron chi connectivity index (χ2n) is 2.66. The van der Waals surface area contributed by atoms with E-state index in [2.05, 4.69) is 6.58 Å². The molecule has 0 aliphatic rings. The van der Waals surface area contributed by atoms with E-state index >= 15 is 0 Å². The fourth-order valence-electron chi connectivity index (χ4n) is 1.04. The molecule has 0 fully saturated rings. The van der Waals surface area contributed by atoms with Crippen LogP contribution in [0.25, 0.3) is 6.08 Å². The maximum Gasteiger partial charge on any atom is 0.335 e. The minimum Gasteiger partial charge on any atom is -0.423 e. The number of carbonyl (C=O) groups is 1. The molecule has 0 atom stereocenters. The number of rotatable bonds is 3. The Morgan fingerprint density at radius 3 is 2.79 bits per heavy atom. The molecule has 1 rings (SSSR count). The van der Waals surface area contributed by atoms with Gasteiger partial charge in [-0.2, -0.15) is 0 Å². The van der Waals surface area contributed by atoms with Crippen LogP contribution in [0.4, 0.5) is 0 Å². The Bertz CT molecular complexity index is 364. The Balaban J connectivity index is 2.95. The molecular formula is C12H12O2. The molecule has 0 aromatic heterocycles. The second kappa shape index (κ2) is 5.02. The van der Waals surface area contributed by atoms with Gasteiger partial charge in [-0.05, 0) is 13.0 Å². The first-order valence-corrected chi connectivity index (χ1v) is 4.34. The summed E-state index contributed by atoms with van der Waals surface area (Å²) in [5.41, 5.74) is 0.880. The molecule has 0 amide bonds. The summed E-state index contributed by atoms with van der Waals surface area (Å²) in [7, 11) is 0. The summed E-state index contributed by atoms with van der Waals surface area (Å²) in [5, 5.41) is 0. The summed E-state index contributed by atoms with van der Waals surface area (Å²) in [5.74, 6) is 0.109. The van der Waals surface area contributed by atoms with Crippen LogP contribution >= 0.6 is 0 Å². The highest BCUT2D eigenvalue weighted by Crippen LogP contribution is 2.19. The molecular weight excluding hydrogens is 176 g/mol. The van der Waals surface area contributed by atoms with Crippen molar-refractivity contribution in [3.63, 3.8) is 0 Å². The fourth-order valence-corrected chi connectivity index (χ4v) is 1.04. The first-order valence-electron chi connectivity index (χ1n) is 4.34. The van der Waals surface area contributed by atoms with E-state index in [1.165, 1.54) is 0 Å². The highest BCUT2D eigenvalue weighted by molar-refractivity contribution is 5.84. The largest absolute Gasteiger partial charge is 0.423 e. The molecule has 1 aromatic carbocycles. The van der Waals surface area contributed by atoms with Gasteiger partial charge in [-0.1, -0.05) is 36.9 Å². The van der Waals surface area contributed by atoms with Crippen molar-refractivity contribution >= 4 is 12.0 Å². The van der Waals surface area contributed by atoms with Gasteiger partial charge in [0.25, 0.3) is 0 Å². The van der Waals surface area contributed by atoms with Gasteiger partial charge in [-0.25, -0.2) is 4.79 Å². The number of para-hydroxylation sites is 1. The third kappa shape index (κ3) is 2.59. The van der Waals surface area contributed by atoms with Crippen LogP contribution in [0.2, 0.25) is 0 Å². The Hall–Kier alpha value is -1.83. The molecule has 0 bridgehead atoms. The molecule has 72 valence electrons. The van der Waals surface area contributed by atoms with Crippen molar-refractivity contribution in [1.29, 1.82) is 0 Å². The molecule has 0 aliphatic carbocycles. The molecule has 2 heteroatoms. The van der Waals surface area contributed by atoms with Gasteiger partial charge in [0.2, 0.25) is 0 Å². The van der Waals surface area contributed by atoms with Crippen molar-refractivity contribution in [2.45, 2.75) is 6.92 Å². The summed E-state index contributed by atoms with van der Waals surface area (Å²) in [6.07, 6.45) is 4.92. The Morgan fingerprint density at radius 2 is 2.14 bits per heavy atom. The number of allylic oxidation sites excluding steroid dienone is 1. The van der Waals surface area contributed by atoms with Crippen LogP contribution in [0.15, 0.2) is 43.0 Å². The maximum absolute atomic E-state index is 11.0. The molecule has 0 radical (unpaired) electrons. The molecule has 0 saturated heterocycles. The zero-order valence-corrected chi connectivity index (χ0v) is 8.07. The van der Waals surface area contributed by atoms with E-state index in [1.54, 1.807) is 6.07 Å². The summed E-state index contributed by atoms with van der Waals surface area (Å²) < 4.78 is 5.04. The lowest BCUT2D eigenvalue weighted by atomic mass is 10.2. The highest BCUT2D eigenvalue weighted by Gasteiger charge is 2.02. The molecule has 0 saturated carbocycles. The number of hydrogen-bond donors (Lipinski definition) is 0. The molecule has 0 aliphatic heterocycles. The third-order valence-corrected chi connectivity index (χ3v) is 1.64. The quantitative estimate of drug-likeness (QED) is 0.414. The van der Waals surface area contributed by atoms with Crippen molar-refractivity contribution in [3.8, 4) is 5.75 Å². The van der Waals surface area contributed by atoms with Crippen molar-refractivity contribution < 1.29 is 9.53 Å². The molecule has 1 aromatic rings. The summed E-state index contributed by atoms with van der Waals surface area (Å²) in [6, 6.07) is 7.34. The number of ether oxygens (including phenoxy) is 1. The van der Waals surface area contributed by atoms with Crippen molar-refractivity contribution in [2.75, 3.05) is 0 Å². The van der Waals surface area contributed by atoms with Gasteiger partial charge in [-0.3, -0.25) is 0 Å².